The molecule has 0 saturated heterocycles. The molecule has 0 aliphatic carbocycles. The van der Waals surface area contributed by atoms with Crippen LogP contribution in [0.2, 0.25) is 0 Å². The maximum atomic E-state index is 12.7. The Morgan fingerprint density at radius 1 is 1.32 bits per heavy atom. The standard InChI is InChI=1S/C19H22N2O3S/c1-4-11-21(13-15-7-9-16(24-3)10-8-15)19(23)14(2)20-18(22)17-6-5-12-25-17/h4-10,12,14H,1,11,13H2,2-3H3,(H,20,22)/t14-/m0/s1. The van der Waals surface area contributed by atoms with E-state index in [2.05, 4.69) is 11.9 Å². The van der Waals surface area contributed by atoms with E-state index >= 15 is 0 Å². The number of hydrogen-bond acceptors (Lipinski definition) is 4. The largest absolute Gasteiger partial charge is 0.497 e. The van der Waals surface area contributed by atoms with Gasteiger partial charge in [-0.25, -0.2) is 0 Å². The van der Waals surface area contributed by atoms with Gasteiger partial charge in [0.25, 0.3) is 5.91 Å². The molecule has 0 unspecified atom stereocenters. The van der Waals surface area contributed by atoms with Gasteiger partial charge in [0.1, 0.15) is 11.8 Å². The van der Waals surface area contributed by atoms with E-state index in [0.717, 1.165) is 11.3 Å². The van der Waals surface area contributed by atoms with Crippen LogP contribution in [0.1, 0.15) is 22.2 Å². The van der Waals surface area contributed by atoms with E-state index in [9.17, 15) is 9.59 Å². The molecule has 1 aromatic carbocycles. The van der Waals surface area contributed by atoms with E-state index in [0.29, 0.717) is 18.0 Å². The third-order valence-corrected chi connectivity index (χ3v) is 4.53. The predicted octanol–water partition coefficient (Wildman–Crippen LogP) is 3.09. The number of carbonyl (C=O) groups excluding carboxylic acids is 2. The lowest BCUT2D eigenvalue weighted by Crippen LogP contribution is -2.46. The summed E-state index contributed by atoms with van der Waals surface area (Å²) < 4.78 is 5.14. The van der Waals surface area contributed by atoms with Gasteiger partial charge in [-0.3, -0.25) is 9.59 Å². The Hall–Kier alpha value is -2.60. The minimum atomic E-state index is -0.618. The summed E-state index contributed by atoms with van der Waals surface area (Å²) in [7, 11) is 1.61. The van der Waals surface area contributed by atoms with E-state index in [4.69, 9.17) is 4.74 Å². The van der Waals surface area contributed by atoms with Crippen LogP contribution < -0.4 is 10.1 Å². The predicted molar refractivity (Wildman–Crippen MR) is 99.9 cm³/mol. The van der Waals surface area contributed by atoms with Gasteiger partial charge in [-0.15, -0.1) is 17.9 Å². The number of amides is 2. The number of thiophene rings is 1. The Labute approximate surface area is 151 Å². The second kappa shape index (κ2) is 9.03. The zero-order chi connectivity index (χ0) is 18.2. The first-order valence-electron chi connectivity index (χ1n) is 7.92. The number of rotatable bonds is 8. The molecule has 0 aliphatic rings. The van der Waals surface area contributed by atoms with E-state index in [-0.39, 0.29) is 11.8 Å². The van der Waals surface area contributed by atoms with Crippen molar-refractivity contribution >= 4 is 23.2 Å². The Morgan fingerprint density at radius 2 is 2.04 bits per heavy atom. The first kappa shape index (κ1) is 18.7. The molecule has 132 valence electrons. The van der Waals surface area contributed by atoms with Gasteiger partial charge in [-0.1, -0.05) is 24.3 Å². The van der Waals surface area contributed by atoms with Crippen LogP contribution in [0.4, 0.5) is 0 Å². The maximum absolute atomic E-state index is 12.7. The van der Waals surface area contributed by atoms with Crippen molar-refractivity contribution in [2.75, 3.05) is 13.7 Å². The molecule has 25 heavy (non-hydrogen) atoms. The fourth-order valence-corrected chi connectivity index (χ4v) is 2.98. The second-order valence-corrected chi connectivity index (χ2v) is 6.48. The minimum Gasteiger partial charge on any atom is -0.497 e. The fraction of sp³-hybridized carbons (Fsp3) is 0.263. The van der Waals surface area contributed by atoms with Crippen molar-refractivity contribution in [3.05, 3.63) is 64.9 Å². The van der Waals surface area contributed by atoms with E-state index < -0.39 is 6.04 Å². The topological polar surface area (TPSA) is 58.6 Å². The Morgan fingerprint density at radius 3 is 2.60 bits per heavy atom. The van der Waals surface area contributed by atoms with Crippen molar-refractivity contribution < 1.29 is 14.3 Å². The molecule has 5 nitrogen and oxygen atoms in total. The number of methoxy groups -OCH3 is 1. The number of carbonyl (C=O) groups is 2. The van der Waals surface area contributed by atoms with Crippen LogP contribution in [0.25, 0.3) is 0 Å². The average Bonchev–Trinajstić information content (AvgIpc) is 3.16. The van der Waals surface area contributed by atoms with Crippen LogP contribution in [-0.4, -0.2) is 36.4 Å². The Kier molecular flexibility index (Phi) is 6.77. The van der Waals surface area contributed by atoms with E-state index in [1.165, 1.54) is 11.3 Å². The third-order valence-electron chi connectivity index (χ3n) is 3.66. The number of nitrogens with one attached hydrogen (secondary N) is 1. The molecule has 2 amide bonds. The first-order chi connectivity index (χ1) is 12.0. The molecule has 0 saturated carbocycles. The summed E-state index contributed by atoms with van der Waals surface area (Å²) in [6.07, 6.45) is 1.68. The molecule has 2 rings (SSSR count). The molecule has 0 radical (unpaired) electrons. The molecule has 0 aliphatic heterocycles. The Bertz CT molecular complexity index is 711. The molecule has 1 N–H and O–H groups in total. The maximum Gasteiger partial charge on any atom is 0.261 e. The molecule has 2 aromatic rings. The smallest absolute Gasteiger partial charge is 0.261 e. The van der Waals surface area contributed by atoms with Crippen molar-refractivity contribution in [1.82, 2.24) is 10.2 Å². The van der Waals surface area contributed by atoms with Crippen LogP contribution >= 0.6 is 11.3 Å². The van der Waals surface area contributed by atoms with Gasteiger partial charge >= 0.3 is 0 Å². The monoisotopic (exact) mass is 358 g/mol. The molecule has 0 spiro atoms. The van der Waals surface area contributed by atoms with Crippen LogP contribution in [0.5, 0.6) is 5.75 Å². The van der Waals surface area contributed by atoms with Crippen LogP contribution in [-0.2, 0) is 11.3 Å². The van der Waals surface area contributed by atoms with Crippen molar-refractivity contribution in [2.45, 2.75) is 19.5 Å². The zero-order valence-corrected chi connectivity index (χ0v) is 15.2. The van der Waals surface area contributed by atoms with E-state index in [1.54, 1.807) is 37.1 Å². The van der Waals surface area contributed by atoms with Gasteiger partial charge in [-0.2, -0.15) is 0 Å². The highest BCUT2D eigenvalue weighted by atomic mass is 32.1. The average molecular weight is 358 g/mol. The van der Waals surface area contributed by atoms with Crippen LogP contribution in [0.15, 0.2) is 54.4 Å². The zero-order valence-electron chi connectivity index (χ0n) is 14.4. The molecule has 0 fully saturated rings. The summed E-state index contributed by atoms with van der Waals surface area (Å²) >= 11 is 1.34. The van der Waals surface area contributed by atoms with Gasteiger partial charge in [0.05, 0.1) is 12.0 Å². The third kappa shape index (κ3) is 5.19. The lowest BCUT2D eigenvalue weighted by atomic mass is 10.2. The minimum absolute atomic E-state index is 0.152. The lowest BCUT2D eigenvalue weighted by Gasteiger charge is -2.25. The lowest BCUT2D eigenvalue weighted by molar-refractivity contribution is -0.132. The SMILES string of the molecule is C=CCN(Cc1ccc(OC)cc1)C(=O)[C@H](C)NC(=O)c1cccs1. The number of ether oxygens (including phenoxy) is 1. The summed E-state index contributed by atoms with van der Waals surface area (Å²) in [5.74, 6) is 0.376. The number of hydrogen-bond donors (Lipinski definition) is 1. The highest BCUT2D eigenvalue weighted by molar-refractivity contribution is 7.12. The van der Waals surface area contributed by atoms with Crippen molar-refractivity contribution in [2.24, 2.45) is 0 Å². The summed E-state index contributed by atoms with van der Waals surface area (Å²) in [6.45, 7) is 6.25. The normalized spacial score (nSPS) is 11.4. The van der Waals surface area contributed by atoms with Crippen LogP contribution in [0, 0.1) is 0 Å². The van der Waals surface area contributed by atoms with Gasteiger partial charge in [0.15, 0.2) is 0 Å². The van der Waals surface area contributed by atoms with E-state index in [1.807, 2.05) is 29.6 Å². The summed E-state index contributed by atoms with van der Waals surface area (Å²) in [5, 5.41) is 4.58. The molecular weight excluding hydrogens is 336 g/mol. The van der Waals surface area contributed by atoms with Crippen molar-refractivity contribution in [3.8, 4) is 5.75 Å². The highest BCUT2D eigenvalue weighted by Gasteiger charge is 2.22. The number of benzene rings is 1. The molecule has 1 heterocycles. The second-order valence-electron chi connectivity index (χ2n) is 5.53. The fourth-order valence-electron chi connectivity index (χ4n) is 2.35. The van der Waals surface area contributed by atoms with Crippen molar-refractivity contribution in [3.63, 3.8) is 0 Å². The summed E-state index contributed by atoms with van der Waals surface area (Å²) in [4.78, 5) is 27.1. The molecular formula is C19H22N2O3S. The van der Waals surface area contributed by atoms with Gasteiger partial charge in [0.2, 0.25) is 5.91 Å². The summed E-state index contributed by atoms with van der Waals surface area (Å²) in [5.41, 5.74) is 0.979. The molecule has 0 bridgehead atoms. The van der Waals surface area contributed by atoms with Gasteiger partial charge in [0, 0.05) is 13.1 Å². The van der Waals surface area contributed by atoms with Gasteiger partial charge < -0.3 is 15.0 Å². The Balaban J connectivity index is 2.02. The van der Waals surface area contributed by atoms with Gasteiger partial charge in [-0.05, 0) is 36.1 Å². The quantitative estimate of drug-likeness (QED) is 0.738. The highest BCUT2D eigenvalue weighted by Crippen LogP contribution is 2.14. The number of nitrogens with zero attached hydrogens (tertiary/aromatic N) is 1. The van der Waals surface area contributed by atoms with Crippen molar-refractivity contribution in [1.29, 1.82) is 0 Å². The molecule has 1 aromatic heterocycles. The molecule has 6 heteroatoms. The summed E-state index contributed by atoms with van der Waals surface area (Å²) in [6, 6.07) is 10.5. The first-order valence-corrected chi connectivity index (χ1v) is 8.80. The molecule has 1 atom stereocenters. The van der Waals surface area contributed by atoms with Crippen LogP contribution in [0.3, 0.4) is 0 Å².